The number of methoxy groups -OCH3 is 1. The SMILES string of the molecule is CN=C(NCCc1ccc(OC)cc1O)NCc1nnc2ccccn12.I. The number of phenols is 1. The van der Waals surface area contributed by atoms with Gasteiger partial charge in [0.05, 0.1) is 13.7 Å². The van der Waals surface area contributed by atoms with Crippen LogP contribution in [0.4, 0.5) is 0 Å². The number of ether oxygens (including phenoxy) is 1. The molecule has 3 aromatic rings. The molecule has 1 aromatic carbocycles. The van der Waals surface area contributed by atoms with Crippen LogP contribution in [-0.2, 0) is 13.0 Å². The van der Waals surface area contributed by atoms with E-state index in [9.17, 15) is 5.11 Å². The molecule has 3 N–H and O–H groups in total. The maximum atomic E-state index is 10.0. The van der Waals surface area contributed by atoms with Gasteiger partial charge in [-0.1, -0.05) is 12.1 Å². The average molecular weight is 482 g/mol. The lowest BCUT2D eigenvalue weighted by atomic mass is 10.1. The quantitative estimate of drug-likeness (QED) is 0.283. The molecule has 0 aliphatic carbocycles. The minimum absolute atomic E-state index is 0. The first kappa shape index (κ1) is 20.7. The highest BCUT2D eigenvalue weighted by atomic mass is 127. The molecule has 0 atom stereocenters. The fraction of sp³-hybridized carbons (Fsp3) is 0.278. The molecule has 27 heavy (non-hydrogen) atoms. The van der Waals surface area contributed by atoms with Crippen molar-refractivity contribution >= 4 is 35.6 Å². The second kappa shape index (κ2) is 9.95. The molecule has 0 spiro atoms. The minimum Gasteiger partial charge on any atom is -0.508 e. The Morgan fingerprint density at radius 2 is 2.07 bits per heavy atom. The van der Waals surface area contributed by atoms with Crippen molar-refractivity contribution in [2.45, 2.75) is 13.0 Å². The molecule has 0 aliphatic rings. The molecule has 2 aromatic heterocycles. The van der Waals surface area contributed by atoms with Crippen LogP contribution < -0.4 is 15.4 Å². The van der Waals surface area contributed by atoms with Crippen LogP contribution >= 0.6 is 24.0 Å². The van der Waals surface area contributed by atoms with Crippen molar-refractivity contribution in [1.82, 2.24) is 25.2 Å². The summed E-state index contributed by atoms with van der Waals surface area (Å²) in [5.74, 6) is 2.32. The van der Waals surface area contributed by atoms with Gasteiger partial charge >= 0.3 is 0 Å². The van der Waals surface area contributed by atoms with E-state index in [1.165, 1.54) is 0 Å². The van der Waals surface area contributed by atoms with Crippen LogP contribution in [0.2, 0.25) is 0 Å². The van der Waals surface area contributed by atoms with Crippen molar-refractivity contribution in [1.29, 1.82) is 0 Å². The van der Waals surface area contributed by atoms with E-state index in [-0.39, 0.29) is 29.7 Å². The van der Waals surface area contributed by atoms with E-state index in [1.54, 1.807) is 20.2 Å². The van der Waals surface area contributed by atoms with E-state index in [0.717, 1.165) is 17.0 Å². The first-order valence-corrected chi connectivity index (χ1v) is 8.30. The molecule has 0 saturated heterocycles. The Balaban J connectivity index is 0.00000261. The number of rotatable bonds is 6. The van der Waals surface area contributed by atoms with Gasteiger partial charge in [-0.3, -0.25) is 9.39 Å². The zero-order valence-corrected chi connectivity index (χ0v) is 17.5. The molecule has 0 amide bonds. The Morgan fingerprint density at radius 3 is 2.81 bits per heavy atom. The van der Waals surface area contributed by atoms with Crippen molar-refractivity contribution < 1.29 is 9.84 Å². The summed E-state index contributed by atoms with van der Waals surface area (Å²) in [4.78, 5) is 4.20. The number of aromatic nitrogens is 3. The molecule has 0 unspecified atom stereocenters. The third kappa shape index (κ3) is 5.22. The maximum absolute atomic E-state index is 10.0. The van der Waals surface area contributed by atoms with E-state index in [2.05, 4.69) is 25.8 Å². The van der Waals surface area contributed by atoms with Crippen LogP contribution in [0.25, 0.3) is 5.65 Å². The molecule has 9 heteroatoms. The van der Waals surface area contributed by atoms with Gasteiger partial charge in [-0.15, -0.1) is 34.2 Å². The summed E-state index contributed by atoms with van der Waals surface area (Å²) < 4.78 is 7.02. The topological polar surface area (TPSA) is 96.1 Å². The van der Waals surface area contributed by atoms with Crippen LogP contribution in [0.15, 0.2) is 47.6 Å². The Bertz CT molecular complexity index is 912. The van der Waals surface area contributed by atoms with Crippen molar-refractivity contribution in [2.24, 2.45) is 4.99 Å². The summed E-state index contributed by atoms with van der Waals surface area (Å²) in [7, 11) is 3.28. The van der Waals surface area contributed by atoms with Gasteiger partial charge in [0, 0.05) is 25.9 Å². The van der Waals surface area contributed by atoms with Crippen LogP contribution in [0.5, 0.6) is 11.5 Å². The molecule has 0 saturated carbocycles. The second-order valence-electron chi connectivity index (χ2n) is 5.64. The molecule has 0 bridgehead atoms. The van der Waals surface area contributed by atoms with Gasteiger partial charge in [0.15, 0.2) is 17.4 Å². The number of halogens is 1. The number of aromatic hydroxyl groups is 1. The highest BCUT2D eigenvalue weighted by molar-refractivity contribution is 14.0. The molecule has 144 valence electrons. The van der Waals surface area contributed by atoms with Crippen molar-refractivity contribution in [2.75, 3.05) is 20.7 Å². The van der Waals surface area contributed by atoms with Gasteiger partial charge in [0.1, 0.15) is 11.5 Å². The van der Waals surface area contributed by atoms with Gasteiger partial charge < -0.3 is 20.5 Å². The smallest absolute Gasteiger partial charge is 0.191 e. The largest absolute Gasteiger partial charge is 0.508 e. The third-order valence-electron chi connectivity index (χ3n) is 4.00. The molecular weight excluding hydrogens is 459 g/mol. The Kier molecular flexibility index (Phi) is 7.65. The predicted octanol–water partition coefficient (Wildman–Crippen LogP) is 1.97. The fourth-order valence-electron chi connectivity index (χ4n) is 2.59. The van der Waals surface area contributed by atoms with Crippen LogP contribution in [0.3, 0.4) is 0 Å². The fourth-order valence-corrected chi connectivity index (χ4v) is 2.59. The lowest BCUT2D eigenvalue weighted by molar-refractivity contribution is 0.406. The van der Waals surface area contributed by atoms with Gasteiger partial charge in [0.25, 0.3) is 0 Å². The van der Waals surface area contributed by atoms with Gasteiger partial charge in [-0.25, -0.2) is 0 Å². The lowest BCUT2D eigenvalue weighted by Crippen LogP contribution is -2.38. The average Bonchev–Trinajstić information content (AvgIpc) is 3.08. The van der Waals surface area contributed by atoms with Crippen LogP contribution in [0, 0.1) is 0 Å². The highest BCUT2D eigenvalue weighted by Gasteiger charge is 2.07. The Labute approximate surface area is 174 Å². The Hall–Kier alpha value is -2.56. The molecule has 8 nitrogen and oxygen atoms in total. The normalized spacial score (nSPS) is 11.1. The summed E-state index contributed by atoms with van der Waals surface area (Å²) in [6, 6.07) is 11.1. The van der Waals surface area contributed by atoms with Crippen molar-refractivity contribution in [3.05, 3.63) is 54.0 Å². The molecule has 0 aliphatic heterocycles. The Morgan fingerprint density at radius 1 is 1.22 bits per heavy atom. The number of hydrogen-bond donors (Lipinski definition) is 3. The summed E-state index contributed by atoms with van der Waals surface area (Å²) in [5.41, 5.74) is 1.65. The molecule has 0 fully saturated rings. The maximum Gasteiger partial charge on any atom is 0.191 e. The number of guanidine groups is 1. The number of hydrogen-bond acceptors (Lipinski definition) is 5. The third-order valence-corrected chi connectivity index (χ3v) is 4.00. The zero-order valence-electron chi connectivity index (χ0n) is 15.2. The molecular formula is C18H23IN6O2. The van der Waals surface area contributed by atoms with Gasteiger partial charge in [-0.2, -0.15) is 0 Å². The van der Waals surface area contributed by atoms with E-state index in [1.807, 2.05) is 40.9 Å². The summed E-state index contributed by atoms with van der Waals surface area (Å²) in [6.45, 7) is 1.12. The van der Waals surface area contributed by atoms with E-state index in [0.29, 0.717) is 31.2 Å². The highest BCUT2D eigenvalue weighted by Crippen LogP contribution is 2.23. The van der Waals surface area contributed by atoms with Crippen molar-refractivity contribution in [3.8, 4) is 11.5 Å². The molecule has 2 heterocycles. The van der Waals surface area contributed by atoms with Gasteiger partial charge in [-0.05, 0) is 30.2 Å². The van der Waals surface area contributed by atoms with E-state index in [4.69, 9.17) is 4.74 Å². The van der Waals surface area contributed by atoms with E-state index >= 15 is 0 Å². The van der Waals surface area contributed by atoms with Crippen LogP contribution in [0.1, 0.15) is 11.4 Å². The summed E-state index contributed by atoms with van der Waals surface area (Å²) in [6.07, 6.45) is 2.58. The van der Waals surface area contributed by atoms with Crippen molar-refractivity contribution in [3.63, 3.8) is 0 Å². The first-order valence-electron chi connectivity index (χ1n) is 8.30. The number of benzene rings is 1. The number of fused-ring (bicyclic) bond motifs is 1. The van der Waals surface area contributed by atoms with Gasteiger partial charge in [0.2, 0.25) is 0 Å². The summed E-state index contributed by atoms with van der Waals surface area (Å²) >= 11 is 0. The minimum atomic E-state index is 0. The standard InChI is InChI=1S/C18H22N6O2.HI/c1-19-18(20-9-8-13-6-7-14(26-2)11-15(13)25)21-12-17-23-22-16-5-3-4-10-24(16)17;/h3-7,10-11,25H,8-9,12H2,1-2H3,(H2,19,20,21);1H. The first-order chi connectivity index (χ1) is 12.7. The van der Waals surface area contributed by atoms with E-state index < -0.39 is 0 Å². The summed E-state index contributed by atoms with van der Waals surface area (Å²) in [5, 5.41) is 24.7. The number of nitrogens with zero attached hydrogens (tertiary/aromatic N) is 4. The number of pyridine rings is 1. The second-order valence-corrected chi connectivity index (χ2v) is 5.64. The molecule has 3 rings (SSSR count). The monoisotopic (exact) mass is 482 g/mol. The predicted molar refractivity (Wildman–Crippen MR) is 115 cm³/mol. The zero-order chi connectivity index (χ0) is 18.4. The van der Waals surface area contributed by atoms with Crippen LogP contribution in [-0.4, -0.2) is 46.4 Å². The number of nitrogens with one attached hydrogen (secondary N) is 2. The molecule has 0 radical (unpaired) electrons. The number of aliphatic imine (C=N–C) groups is 1. The number of phenolic OH excluding ortho intramolecular Hbond substituents is 1. The lowest BCUT2D eigenvalue weighted by Gasteiger charge is -2.12.